The van der Waals surface area contributed by atoms with Crippen LogP contribution in [-0.4, -0.2) is 51.4 Å². The van der Waals surface area contributed by atoms with Crippen molar-refractivity contribution in [3.63, 3.8) is 0 Å². The zero-order valence-corrected chi connectivity index (χ0v) is 13.1. The molecule has 1 aromatic heterocycles. The third kappa shape index (κ3) is 3.44. The highest BCUT2D eigenvalue weighted by atomic mass is 19.4. The molecule has 1 saturated carbocycles. The van der Waals surface area contributed by atoms with Crippen LogP contribution >= 0.6 is 0 Å². The standard InChI is InChI=1S/C14H21F3N4O2/c1-20-9-8-18-11(20)13(23,14(15,16)17)6-7-19-12(22)21(2)10-4-3-5-10/h8-10,23H,3-7H2,1-2H3,(H,19,22). The van der Waals surface area contributed by atoms with Crippen LogP contribution in [0.5, 0.6) is 0 Å². The van der Waals surface area contributed by atoms with Crippen molar-refractivity contribution in [1.82, 2.24) is 19.8 Å². The maximum atomic E-state index is 13.3. The van der Waals surface area contributed by atoms with E-state index in [9.17, 15) is 23.1 Å². The van der Waals surface area contributed by atoms with Gasteiger partial charge in [-0.2, -0.15) is 13.2 Å². The van der Waals surface area contributed by atoms with Crippen molar-refractivity contribution in [2.75, 3.05) is 13.6 Å². The number of aryl methyl sites for hydroxylation is 1. The lowest BCUT2D eigenvalue weighted by Gasteiger charge is -2.35. The van der Waals surface area contributed by atoms with Crippen molar-refractivity contribution in [3.05, 3.63) is 18.2 Å². The predicted molar refractivity (Wildman–Crippen MR) is 76.6 cm³/mol. The molecule has 1 atom stereocenters. The summed E-state index contributed by atoms with van der Waals surface area (Å²) in [5, 5.41) is 12.6. The average Bonchev–Trinajstić information content (AvgIpc) is 2.81. The number of urea groups is 1. The van der Waals surface area contributed by atoms with Crippen molar-refractivity contribution in [1.29, 1.82) is 0 Å². The Morgan fingerprint density at radius 3 is 2.61 bits per heavy atom. The van der Waals surface area contributed by atoms with Crippen molar-refractivity contribution in [2.24, 2.45) is 7.05 Å². The molecule has 1 unspecified atom stereocenters. The Labute approximate surface area is 132 Å². The van der Waals surface area contributed by atoms with E-state index in [1.54, 1.807) is 7.05 Å². The van der Waals surface area contributed by atoms with E-state index in [-0.39, 0.29) is 12.6 Å². The molecule has 1 aliphatic carbocycles. The molecule has 0 aliphatic heterocycles. The van der Waals surface area contributed by atoms with Crippen molar-refractivity contribution < 1.29 is 23.1 Å². The van der Waals surface area contributed by atoms with Crippen LogP contribution in [-0.2, 0) is 12.6 Å². The van der Waals surface area contributed by atoms with Gasteiger partial charge in [0.05, 0.1) is 0 Å². The summed E-state index contributed by atoms with van der Waals surface area (Å²) in [6.45, 7) is -0.307. The van der Waals surface area contributed by atoms with Crippen LogP contribution < -0.4 is 5.32 Å². The fourth-order valence-electron chi connectivity index (χ4n) is 2.56. The van der Waals surface area contributed by atoms with Gasteiger partial charge in [0, 0.05) is 45.5 Å². The molecule has 2 N–H and O–H groups in total. The summed E-state index contributed by atoms with van der Waals surface area (Å²) in [5.41, 5.74) is -3.10. The second-order valence-electron chi connectivity index (χ2n) is 5.90. The Bertz CT molecular complexity index is 556. The average molecular weight is 334 g/mol. The van der Waals surface area contributed by atoms with Gasteiger partial charge in [-0.1, -0.05) is 0 Å². The number of rotatable bonds is 5. The number of halogens is 3. The lowest BCUT2D eigenvalue weighted by Crippen LogP contribution is -2.50. The predicted octanol–water partition coefficient (Wildman–Crippen LogP) is 1.75. The molecule has 1 aromatic rings. The zero-order valence-electron chi connectivity index (χ0n) is 13.1. The summed E-state index contributed by atoms with van der Waals surface area (Å²) in [4.78, 5) is 17.0. The third-order valence-corrected chi connectivity index (χ3v) is 4.37. The van der Waals surface area contributed by atoms with Gasteiger partial charge in [0.1, 0.15) is 5.82 Å². The van der Waals surface area contributed by atoms with E-state index in [0.29, 0.717) is 0 Å². The minimum absolute atomic E-state index is 0.144. The molecule has 0 radical (unpaired) electrons. The highest BCUT2D eigenvalue weighted by Gasteiger charge is 2.57. The van der Waals surface area contributed by atoms with Crippen LogP contribution in [0.25, 0.3) is 0 Å². The maximum absolute atomic E-state index is 13.3. The normalized spacial score (nSPS) is 18.2. The van der Waals surface area contributed by atoms with E-state index in [4.69, 9.17) is 0 Å². The van der Waals surface area contributed by atoms with Crippen molar-refractivity contribution in [3.8, 4) is 0 Å². The molecule has 1 heterocycles. The number of nitrogens with one attached hydrogen (secondary N) is 1. The summed E-state index contributed by atoms with van der Waals surface area (Å²) in [5.74, 6) is -0.494. The number of alkyl halides is 3. The van der Waals surface area contributed by atoms with E-state index in [0.717, 1.165) is 23.8 Å². The van der Waals surface area contributed by atoms with Crippen LogP contribution in [0, 0.1) is 0 Å². The first kappa shape index (κ1) is 17.6. The Morgan fingerprint density at radius 2 is 2.17 bits per heavy atom. The zero-order chi connectivity index (χ0) is 17.3. The Balaban J connectivity index is 2.00. The lowest BCUT2D eigenvalue weighted by atomic mass is 9.92. The monoisotopic (exact) mass is 334 g/mol. The molecule has 2 amide bonds. The van der Waals surface area contributed by atoms with Crippen LogP contribution in [0.1, 0.15) is 31.5 Å². The van der Waals surface area contributed by atoms with E-state index in [1.807, 2.05) is 0 Å². The molecule has 1 fully saturated rings. The summed E-state index contributed by atoms with van der Waals surface area (Å²) in [6, 6.07) is -0.287. The maximum Gasteiger partial charge on any atom is 0.424 e. The number of imidazole rings is 1. The first-order valence-corrected chi connectivity index (χ1v) is 7.44. The molecule has 23 heavy (non-hydrogen) atoms. The Morgan fingerprint density at radius 1 is 1.52 bits per heavy atom. The molecular weight excluding hydrogens is 313 g/mol. The fraction of sp³-hybridized carbons (Fsp3) is 0.714. The van der Waals surface area contributed by atoms with Gasteiger partial charge in [-0.3, -0.25) is 0 Å². The number of aromatic nitrogens is 2. The van der Waals surface area contributed by atoms with E-state index >= 15 is 0 Å². The first-order chi connectivity index (χ1) is 10.7. The SMILES string of the molecule is CN(C(=O)NCCC(O)(c1nccn1C)C(F)(F)F)C1CCC1. The topological polar surface area (TPSA) is 70.4 Å². The van der Waals surface area contributed by atoms with E-state index < -0.39 is 30.1 Å². The van der Waals surface area contributed by atoms with Gasteiger partial charge in [-0.05, 0) is 19.3 Å². The molecule has 130 valence electrons. The minimum Gasteiger partial charge on any atom is -0.374 e. The summed E-state index contributed by atoms with van der Waals surface area (Å²) < 4.78 is 41.0. The van der Waals surface area contributed by atoms with E-state index in [2.05, 4.69) is 10.3 Å². The molecule has 9 heteroatoms. The molecule has 1 aliphatic rings. The molecule has 0 saturated heterocycles. The third-order valence-electron chi connectivity index (χ3n) is 4.37. The quantitative estimate of drug-likeness (QED) is 0.862. The number of carbonyl (C=O) groups excluding carboxylic acids is 1. The van der Waals surface area contributed by atoms with Crippen LogP contribution in [0.3, 0.4) is 0 Å². The largest absolute Gasteiger partial charge is 0.424 e. The Kier molecular flexibility index (Phi) is 4.88. The van der Waals surface area contributed by atoms with Gasteiger partial charge in [0.25, 0.3) is 0 Å². The van der Waals surface area contributed by atoms with Gasteiger partial charge in [0.2, 0.25) is 5.60 Å². The number of hydrogen-bond donors (Lipinski definition) is 2. The molecule has 2 rings (SSSR count). The van der Waals surface area contributed by atoms with Crippen molar-refractivity contribution in [2.45, 2.75) is 43.5 Å². The molecular formula is C14H21F3N4O2. The minimum atomic E-state index is -4.89. The van der Waals surface area contributed by atoms with E-state index in [1.165, 1.54) is 24.3 Å². The van der Waals surface area contributed by atoms with Gasteiger partial charge in [0.15, 0.2) is 0 Å². The van der Waals surface area contributed by atoms with Crippen LogP contribution in [0.2, 0.25) is 0 Å². The molecule has 0 aromatic carbocycles. The first-order valence-electron chi connectivity index (χ1n) is 7.44. The number of aliphatic hydroxyl groups is 1. The van der Waals surface area contributed by atoms with Gasteiger partial charge in [-0.25, -0.2) is 9.78 Å². The van der Waals surface area contributed by atoms with Gasteiger partial charge < -0.3 is 19.9 Å². The van der Waals surface area contributed by atoms with Crippen LogP contribution in [0.15, 0.2) is 12.4 Å². The number of amides is 2. The van der Waals surface area contributed by atoms with Gasteiger partial charge in [-0.15, -0.1) is 0 Å². The molecule has 0 spiro atoms. The Hall–Kier alpha value is -1.77. The second-order valence-corrected chi connectivity index (χ2v) is 5.90. The summed E-state index contributed by atoms with van der Waals surface area (Å²) in [7, 11) is 3.00. The summed E-state index contributed by atoms with van der Waals surface area (Å²) in [6.07, 6.45) is -0.213. The van der Waals surface area contributed by atoms with Gasteiger partial charge >= 0.3 is 12.2 Å². The number of carbonyl (C=O) groups is 1. The fourth-order valence-corrected chi connectivity index (χ4v) is 2.56. The van der Waals surface area contributed by atoms with Crippen LogP contribution in [0.4, 0.5) is 18.0 Å². The number of nitrogens with zero attached hydrogens (tertiary/aromatic N) is 3. The molecule has 0 bridgehead atoms. The smallest absolute Gasteiger partial charge is 0.374 e. The molecule has 6 nitrogen and oxygen atoms in total. The second kappa shape index (κ2) is 6.38. The highest BCUT2D eigenvalue weighted by Crippen LogP contribution is 2.40. The number of hydrogen-bond acceptors (Lipinski definition) is 3. The highest BCUT2D eigenvalue weighted by molar-refractivity contribution is 5.74. The lowest BCUT2D eigenvalue weighted by molar-refractivity contribution is -0.272. The summed E-state index contributed by atoms with van der Waals surface area (Å²) >= 11 is 0. The van der Waals surface area contributed by atoms with Crippen molar-refractivity contribution >= 4 is 6.03 Å².